The van der Waals surface area contributed by atoms with Gasteiger partial charge in [-0.2, -0.15) is 0 Å². The van der Waals surface area contributed by atoms with Gasteiger partial charge in [-0.25, -0.2) is 0 Å². The van der Waals surface area contributed by atoms with Gasteiger partial charge in [0.2, 0.25) is 5.91 Å². The lowest BCUT2D eigenvalue weighted by atomic mass is 10.1. The monoisotopic (exact) mass is 320 g/mol. The third kappa shape index (κ3) is 4.61. The Kier molecular flexibility index (Phi) is 5.84. The molecule has 1 aliphatic rings. The number of carbonyl (C=O) groups is 2. The number of nitrogens with one attached hydrogen (secondary N) is 2. The topological polar surface area (TPSA) is 76.7 Å². The average Bonchev–Trinajstić information content (AvgIpc) is 3.06. The van der Waals surface area contributed by atoms with Crippen molar-refractivity contribution in [2.45, 2.75) is 45.6 Å². The highest BCUT2D eigenvalue weighted by Crippen LogP contribution is 2.29. The van der Waals surface area contributed by atoms with Crippen molar-refractivity contribution in [3.8, 4) is 11.5 Å². The Hall–Kier alpha value is -2.24. The second kappa shape index (κ2) is 7.85. The first kappa shape index (κ1) is 17.1. The molecule has 0 aromatic heterocycles. The second-order valence-electron chi connectivity index (χ2n) is 5.96. The molecule has 0 heterocycles. The summed E-state index contributed by atoms with van der Waals surface area (Å²) in [6.07, 6.45) is 3.92. The van der Waals surface area contributed by atoms with E-state index in [1.807, 2.05) is 13.8 Å². The average molecular weight is 320 g/mol. The fourth-order valence-electron chi connectivity index (χ4n) is 2.64. The van der Waals surface area contributed by atoms with Crippen LogP contribution in [0.4, 0.5) is 0 Å². The molecule has 2 rings (SSSR count). The molecule has 0 unspecified atom stereocenters. The zero-order valence-corrected chi connectivity index (χ0v) is 13.8. The number of ether oxygens (including phenoxy) is 2. The van der Waals surface area contributed by atoms with Crippen LogP contribution in [-0.4, -0.2) is 25.0 Å². The van der Waals surface area contributed by atoms with Crippen molar-refractivity contribution in [3.63, 3.8) is 0 Å². The van der Waals surface area contributed by atoms with E-state index in [1.54, 1.807) is 18.2 Å². The van der Waals surface area contributed by atoms with Crippen molar-refractivity contribution in [3.05, 3.63) is 23.8 Å². The molecule has 1 saturated carbocycles. The van der Waals surface area contributed by atoms with Gasteiger partial charge >= 0.3 is 0 Å². The molecule has 23 heavy (non-hydrogen) atoms. The Morgan fingerprint density at radius 1 is 1.13 bits per heavy atom. The fourth-order valence-corrected chi connectivity index (χ4v) is 2.64. The lowest BCUT2D eigenvalue weighted by Gasteiger charge is -2.15. The van der Waals surface area contributed by atoms with Crippen LogP contribution in [0.3, 0.4) is 0 Å². The van der Waals surface area contributed by atoms with E-state index < -0.39 is 0 Å². The van der Waals surface area contributed by atoms with Gasteiger partial charge in [-0.05, 0) is 44.9 Å². The molecule has 0 radical (unpaired) electrons. The summed E-state index contributed by atoms with van der Waals surface area (Å²) in [7, 11) is 1.52. The Morgan fingerprint density at radius 3 is 2.43 bits per heavy atom. The predicted octanol–water partition coefficient (Wildman–Crippen LogP) is 2.43. The minimum atomic E-state index is -0.384. The number of rotatable bonds is 5. The van der Waals surface area contributed by atoms with E-state index >= 15 is 0 Å². The normalized spacial score (nSPS) is 14.6. The molecule has 1 aliphatic carbocycles. The quantitative estimate of drug-likeness (QED) is 0.817. The molecular weight excluding hydrogens is 296 g/mol. The molecule has 6 nitrogen and oxygen atoms in total. The van der Waals surface area contributed by atoms with Crippen molar-refractivity contribution in [1.82, 2.24) is 10.9 Å². The first-order valence-electron chi connectivity index (χ1n) is 7.96. The summed E-state index contributed by atoms with van der Waals surface area (Å²) in [4.78, 5) is 24.1. The van der Waals surface area contributed by atoms with Gasteiger partial charge in [-0.1, -0.05) is 12.8 Å². The third-order valence-corrected chi connectivity index (χ3v) is 3.81. The van der Waals surface area contributed by atoms with Gasteiger partial charge in [0.25, 0.3) is 5.91 Å². The second-order valence-corrected chi connectivity index (χ2v) is 5.96. The lowest BCUT2D eigenvalue weighted by molar-refractivity contribution is -0.125. The van der Waals surface area contributed by atoms with Crippen molar-refractivity contribution in [2.75, 3.05) is 7.11 Å². The van der Waals surface area contributed by atoms with Crippen LogP contribution >= 0.6 is 0 Å². The summed E-state index contributed by atoms with van der Waals surface area (Å²) in [6, 6.07) is 4.92. The molecule has 0 spiro atoms. The van der Waals surface area contributed by atoms with Crippen molar-refractivity contribution in [2.24, 2.45) is 5.92 Å². The number of hydrogen-bond donors (Lipinski definition) is 2. The molecule has 0 bridgehead atoms. The number of amides is 2. The standard InChI is InChI=1S/C17H24N2O4/c1-11(2)23-14-9-8-13(10-15(14)22-3)17(21)19-18-16(20)12-6-4-5-7-12/h8-12H,4-7H2,1-3H3,(H,18,20)(H,19,21). The van der Waals surface area contributed by atoms with Crippen LogP contribution in [0.15, 0.2) is 18.2 Å². The van der Waals surface area contributed by atoms with Gasteiger partial charge in [-0.15, -0.1) is 0 Å². The molecule has 1 aromatic rings. The highest BCUT2D eigenvalue weighted by Gasteiger charge is 2.23. The van der Waals surface area contributed by atoms with Crippen LogP contribution in [0.5, 0.6) is 11.5 Å². The summed E-state index contributed by atoms with van der Waals surface area (Å²) < 4.78 is 10.9. The van der Waals surface area contributed by atoms with E-state index in [0.717, 1.165) is 25.7 Å². The molecule has 126 valence electrons. The molecule has 2 amide bonds. The Labute approximate surface area is 136 Å². The molecule has 2 N–H and O–H groups in total. The first-order chi connectivity index (χ1) is 11.0. The summed E-state index contributed by atoms with van der Waals surface area (Å²) in [5.74, 6) is 0.558. The van der Waals surface area contributed by atoms with Gasteiger partial charge in [0.05, 0.1) is 13.2 Å². The predicted molar refractivity (Wildman–Crippen MR) is 86.3 cm³/mol. The van der Waals surface area contributed by atoms with E-state index in [0.29, 0.717) is 17.1 Å². The molecule has 1 aromatic carbocycles. The van der Waals surface area contributed by atoms with E-state index in [4.69, 9.17) is 9.47 Å². The van der Waals surface area contributed by atoms with Gasteiger partial charge < -0.3 is 9.47 Å². The molecule has 6 heteroatoms. The largest absolute Gasteiger partial charge is 0.493 e. The fraction of sp³-hybridized carbons (Fsp3) is 0.529. The van der Waals surface area contributed by atoms with Crippen LogP contribution < -0.4 is 20.3 Å². The van der Waals surface area contributed by atoms with Crippen LogP contribution in [0.1, 0.15) is 49.9 Å². The Morgan fingerprint density at radius 2 is 1.83 bits per heavy atom. The summed E-state index contributed by atoms with van der Waals surface area (Å²) in [5, 5.41) is 0. The highest BCUT2D eigenvalue weighted by molar-refractivity contribution is 5.96. The summed E-state index contributed by atoms with van der Waals surface area (Å²) in [6.45, 7) is 3.83. The van der Waals surface area contributed by atoms with Crippen LogP contribution in [0.25, 0.3) is 0 Å². The number of benzene rings is 1. The van der Waals surface area contributed by atoms with Crippen LogP contribution in [0.2, 0.25) is 0 Å². The zero-order valence-electron chi connectivity index (χ0n) is 13.8. The van der Waals surface area contributed by atoms with Gasteiger partial charge in [-0.3, -0.25) is 20.4 Å². The smallest absolute Gasteiger partial charge is 0.269 e. The maximum atomic E-state index is 12.1. The third-order valence-electron chi connectivity index (χ3n) is 3.81. The van der Waals surface area contributed by atoms with Crippen molar-refractivity contribution >= 4 is 11.8 Å². The van der Waals surface area contributed by atoms with E-state index in [9.17, 15) is 9.59 Å². The zero-order chi connectivity index (χ0) is 16.8. The number of hydrazine groups is 1. The number of methoxy groups -OCH3 is 1. The molecule has 0 atom stereocenters. The SMILES string of the molecule is COc1cc(C(=O)NNC(=O)C2CCCC2)ccc1OC(C)C. The molecule has 0 saturated heterocycles. The Balaban J connectivity index is 1.97. The molecular formula is C17H24N2O4. The maximum absolute atomic E-state index is 12.1. The van der Waals surface area contributed by atoms with E-state index in [2.05, 4.69) is 10.9 Å². The Bertz CT molecular complexity index is 566. The minimum absolute atomic E-state index is 0.00616. The first-order valence-corrected chi connectivity index (χ1v) is 7.96. The lowest BCUT2D eigenvalue weighted by Crippen LogP contribution is -2.44. The van der Waals surface area contributed by atoms with Crippen LogP contribution in [-0.2, 0) is 4.79 Å². The van der Waals surface area contributed by atoms with E-state index in [-0.39, 0.29) is 23.8 Å². The molecule has 1 fully saturated rings. The summed E-state index contributed by atoms with van der Waals surface area (Å²) in [5.41, 5.74) is 5.34. The number of hydrogen-bond acceptors (Lipinski definition) is 4. The van der Waals surface area contributed by atoms with Gasteiger partial charge in [0.15, 0.2) is 11.5 Å². The number of carbonyl (C=O) groups excluding carboxylic acids is 2. The van der Waals surface area contributed by atoms with Crippen LogP contribution in [0, 0.1) is 5.92 Å². The minimum Gasteiger partial charge on any atom is -0.493 e. The highest BCUT2D eigenvalue weighted by atomic mass is 16.5. The van der Waals surface area contributed by atoms with Crippen molar-refractivity contribution < 1.29 is 19.1 Å². The maximum Gasteiger partial charge on any atom is 0.269 e. The van der Waals surface area contributed by atoms with Gasteiger partial charge in [0, 0.05) is 11.5 Å². The van der Waals surface area contributed by atoms with E-state index in [1.165, 1.54) is 7.11 Å². The molecule has 0 aliphatic heterocycles. The van der Waals surface area contributed by atoms with Gasteiger partial charge in [0.1, 0.15) is 0 Å². The van der Waals surface area contributed by atoms with Crippen molar-refractivity contribution in [1.29, 1.82) is 0 Å². The summed E-state index contributed by atoms with van der Waals surface area (Å²) >= 11 is 0.